The Morgan fingerprint density at radius 1 is 1.37 bits per heavy atom. The number of pyridine rings is 1. The molecule has 19 heavy (non-hydrogen) atoms. The first-order valence-corrected chi connectivity index (χ1v) is 6.58. The smallest absolute Gasteiger partial charge is 0.0953 e. The Morgan fingerprint density at radius 3 is 3.11 bits per heavy atom. The third-order valence-electron chi connectivity index (χ3n) is 3.24. The Morgan fingerprint density at radius 2 is 2.32 bits per heavy atom. The van der Waals surface area contributed by atoms with Crippen LogP contribution in [0, 0.1) is 0 Å². The van der Waals surface area contributed by atoms with Crippen LogP contribution in [0.5, 0.6) is 0 Å². The predicted molar refractivity (Wildman–Crippen MR) is 74.0 cm³/mol. The largest absolute Gasteiger partial charge is 0.472 e. The first-order chi connectivity index (χ1) is 9.40. The van der Waals surface area contributed by atoms with Crippen LogP contribution in [-0.4, -0.2) is 16.2 Å². The van der Waals surface area contributed by atoms with Gasteiger partial charge in [-0.15, -0.1) is 0 Å². The van der Waals surface area contributed by atoms with Gasteiger partial charge in [-0.2, -0.15) is 5.10 Å². The minimum Gasteiger partial charge on any atom is -0.472 e. The van der Waals surface area contributed by atoms with Crippen molar-refractivity contribution in [2.45, 2.75) is 19.4 Å². The Labute approximate surface area is 112 Å². The van der Waals surface area contributed by atoms with Crippen LogP contribution < -0.4 is 5.32 Å². The standard InChI is InChI=1S/C15H17N3O/c1-2-7-16-15(12-6-9-19-11-12)13-10-17-18-8-4-3-5-14(13)18/h3-6,8-11,15-16H,2,7H2,1H3. The molecule has 0 bridgehead atoms. The van der Waals surface area contributed by atoms with Crippen molar-refractivity contribution in [2.24, 2.45) is 0 Å². The van der Waals surface area contributed by atoms with E-state index in [0.717, 1.165) is 24.0 Å². The number of hydrogen-bond donors (Lipinski definition) is 1. The first-order valence-electron chi connectivity index (χ1n) is 6.58. The molecule has 0 aromatic carbocycles. The second-order valence-electron chi connectivity index (χ2n) is 4.57. The van der Waals surface area contributed by atoms with Crippen molar-refractivity contribution in [1.82, 2.24) is 14.9 Å². The Bertz CT molecular complexity index is 642. The fraction of sp³-hybridized carbons (Fsp3) is 0.267. The zero-order valence-electron chi connectivity index (χ0n) is 10.9. The second kappa shape index (κ2) is 5.28. The van der Waals surface area contributed by atoms with Gasteiger partial charge in [0.1, 0.15) is 0 Å². The number of furan rings is 1. The second-order valence-corrected chi connectivity index (χ2v) is 4.57. The van der Waals surface area contributed by atoms with Crippen LogP contribution in [0.2, 0.25) is 0 Å². The fourth-order valence-corrected chi connectivity index (χ4v) is 2.31. The van der Waals surface area contributed by atoms with Crippen molar-refractivity contribution < 1.29 is 4.42 Å². The molecule has 98 valence electrons. The highest BCUT2D eigenvalue weighted by Gasteiger charge is 2.18. The van der Waals surface area contributed by atoms with E-state index in [2.05, 4.69) is 23.4 Å². The normalized spacial score (nSPS) is 12.9. The number of rotatable bonds is 5. The number of fused-ring (bicyclic) bond motifs is 1. The van der Waals surface area contributed by atoms with E-state index < -0.39 is 0 Å². The predicted octanol–water partition coefficient (Wildman–Crippen LogP) is 3.02. The molecule has 0 amide bonds. The third kappa shape index (κ3) is 2.27. The molecule has 0 saturated carbocycles. The van der Waals surface area contributed by atoms with Gasteiger partial charge in [-0.3, -0.25) is 0 Å². The highest BCUT2D eigenvalue weighted by molar-refractivity contribution is 5.56. The third-order valence-corrected chi connectivity index (χ3v) is 3.24. The van der Waals surface area contributed by atoms with Crippen molar-refractivity contribution in [3.63, 3.8) is 0 Å². The van der Waals surface area contributed by atoms with Crippen molar-refractivity contribution in [3.05, 3.63) is 60.3 Å². The topological polar surface area (TPSA) is 42.5 Å². The van der Waals surface area contributed by atoms with Gasteiger partial charge in [0.05, 0.1) is 30.3 Å². The molecule has 1 atom stereocenters. The van der Waals surface area contributed by atoms with Crippen LogP contribution in [0.3, 0.4) is 0 Å². The van der Waals surface area contributed by atoms with Gasteiger partial charge >= 0.3 is 0 Å². The average Bonchev–Trinajstić information content (AvgIpc) is 3.09. The van der Waals surface area contributed by atoms with E-state index in [4.69, 9.17) is 4.42 Å². The van der Waals surface area contributed by atoms with Crippen LogP contribution >= 0.6 is 0 Å². The first kappa shape index (κ1) is 12.0. The SMILES string of the molecule is CCCNC(c1ccoc1)c1cnn2ccccc12. The molecule has 3 rings (SSSR count). The maximum absolute atomic E-state index is 5.22. The lowest BCUT2D eigenvalue weighted by atomic mass is 10.0. The molecular formula is C15H17N3O. The van der Waals surface area contributed by atoms with Gasteiger partial charge in [-0.25, -0.2) is 4.52 Å². The summed E-state index contributed by atoms with van der Waals surface area (Å²) in [5, 5.41) is 7.96. The lowest BCUT2D eigenvalue weighted by molar-refractivity contribution is 0.549. The molecule has 1 N–H and O–H groups in total. The summed E-state index contributed by atoms with van der Waals surface area (Å²) in [6.07, 6.45) is 8.48. The average molecular weight is 255 g/mol. The van der Waals surface area contributed by atoms with E-state index in [1.165, 1.54) is 5.56 Å². The minimum absolute atomic E-state index is 0.124. The van der Waals surface area contributed by atoms with Crippen LogP contribution in [-0.2, 0) is 0 Å². The molecule has 0 fully saturated rings. The van der Waals surface area contributed by atoms with Crippen LogP contribution in [0.1, 0.15) is 30.5 Å². The van der Waals surface area contributed by atoms with E-state index in [-0.39, 0.29) is 6.04 Å². The molecule has 3 aromatic rings. The number of nitrogens with one attached hydrogen (secondary N) is 1. The summed E-state index contributed by atoms with van der Waals surface area (Å²) in [5.41, 5.74) is 3.43. The summed E-state index contributed by atoms with van der Waals surface area (Å²) in [6, 6.07) is 8.23. The van der Waals surface area contributed by atoms with E-state index in [0.29, 0.717) is 0 Å². The molecule has 0 spiro atoms. The minimum atomic E-state index is 0.124. The van der Waals surface area contributed by atoms with Gasteiger partial charge in [0.2, 0.25) is 0 Å². The monoisotopic (exact) mass is 255 g/mol. The van der Waals surface area contributed by atoms with Crippen LogP contribution in [0.15, 0.2) is 53.6 Å². The number of hydrogen-bond acceptors (Lipinski definition) is 3. The Hall–Kier alpha value is -2.07. The maximum atomic E-state index is 5.22. The van der Waals surface area contributed by atoms with E-state index >= 15 is 0 Å². The van der Waals surface area contributed by atoms with E-state index in [1.807, 2.05) is 35.1 Å². The van der Waals surface area contributed by atoms with Crippen molar-refractivity contribution >= 4 is 5.52 Å². The molecule has 0 aliphatic heterocycles. The summed E-state index contributed by atoms with van der Waals surface area (Å²) in [4.78, 5) is 0. The Kier molecular flexibility index (Phi) is 3.33. The lowest BCUT2D eigenvalue weighted by Gasteiger charge is -2.16. The molecule has 0 saturated heterocycles. The maximum Gasteiger partial charge on any atom is 0.0953 e. The van der Waals surface area contributed by atoms with Gasteiger partial charge in [-0.1, -0.05) is 13.0 Å². The van der Waals surface area contributed by atoms with Gasteiger partial charge < -0.3 is 9.73 Å². The Balaban J connectivity index is 2.03. The van der Waals surface area contributed by atoms with Gasteiger partial charge in [-0.05, 0) is 31.2 Å². The van der Waals surface area contributed by atoms with Crippen molar-refractivity contribution in [2.75, 3.05) is 6.54 Å². The molecule has 4 heteroatoms. The summed E-state index contributed by atoms with van der Waals surface area (Å²) in [5.74, 6) is 0. The zero-order valence-corrected chi connectivity index (χ0v) is 10.9. The molecule has 0 aliphatic rings. The van der Waals surface area contributed by atoms with Gasteiger partial charge in [0.25, 0.3) is 0 Å². The number of nitrogens with zero attached hydrogens (tertiary/aromatic N) is 2. The molecule has 4 nitrogen and oxygen atoms in total. The van der Waals surface area contributed by atoms with Crippen molar-refractivity contribution in [1.29, 1.82) is 0 Å². The fourth-order valence-electron chi connectivity index (χ4n) is 2.31. The van der Waals surface area contributed by atoms with E-state index in [9.17, 15) is 0 Å². The van der Waals surface area contributed by atoms with Crippen LogP contribution in [0.4, 0.5) is 0 Å². The van der Waals surface area contributed by atoms with Crippen molar-refractivity contribution in [3.8, 4) is 0 Å². The molecule has 0 aliphatic carbocycles. The summed E-state index contributed by atoms with van der Waals surface area (Å²) >= 11 is 0. The molecule has 1 unspecified atom stereocenters. The number of aromatic nitrogens is 2. The molecule has 3 heterocycles. The van der Waals surface area contributed by atoms with Crippen LogP contribution in [0.25, 0.3) is 5.52 Å². The highest BCUT2D eigenvalue weighted by Crippen LogP contribution is 2.26. The highest BCUT2D eigenvalue weighted by atomic mass is 16.3. The zero-order chi connectivity index (χ0) is 13.1. The molecule has 3 aromatic heterocycles. The molecule has 0 radical (unpaired) electrons. The van der Waals surface area contributed by atoms with Gasteiger partial charge in [0.15, 0.2) is 0 Å². The van der Waals surface area contributed by atoms with E-state index in [1.54, 1.807) is 12.5 Å². The molecular weight excluding hydrogens is 238 g/mol. The lowest BCUT2D eigenvalue weighted by Crippen LogP contribution is -2.22. The van der Waals surface area contributed by atoms with Gasteiger partial charge in [0, 0.05) is 17.3 Å². The summed E-state index contributed by atoms with van der Waals surface area (Å²) in [7, 11) is 0. The quantitative estimate of drug-likeness (QED) is 0.762. The summed E-state index contributed by atoms with van der Waals surface area (Å²) < 4.78 is 7.12. The summed E-state index contributed by atoms with van der Waals surface area (Å²) in [6.45, 7) is 3.12.